The second-order valence-electron chi connectivity index (χ2n) is 5.81. The van der Waals surface area contributed by atoms with E-state index in [1.165, 1.54) is 0 Å². The van der Waals surface area contributed by atoms with E-state index in [1.54, 1.807) is 9.13 Å². The predicted octanol–water partition coefficient (Wildman–Crippen LogP) is 4.17. The van der Waals surface area contributed by atoms with E-state index in [-0.39, 0.29) is 5.69 Å². The van der Waals surface area contributed by atoms with Crippen LogP contribution in [0.4, 0.5) is 0 Å². The van der Waals surface area contributed by atoms with Crippen LogP contribution < -0.4 is 5.69 Å². The van der Waals surface area contributed by atoms with Crippen molar-refractivity contribution in [3.63, 3.8) is 0 Å². The molecule has 22 heavy (non-hydrogen) atoms. The Labute approximate surface area is 134 Å². The highest BCUT2D eigenvalue weighted by atomic mass is 35.5. The van der Waals surface area contributed by atoms with Gasteiger partial charge in [-0.15, -0.1) is 0 Å². The Bertz CT molecular complexity index is 921. The lowest BCUT2D eigenvalue weighted by Gasteiger charge is -2.09. The summed E-state index contributed by atoms with van der Waals surface area (Å²) in [5.74, 6) is 0.311. The van der Waals surface area contributed by atoms with Crippen molar-refractivity contribution in [3.8, 4) is 0 Å². The fourth-order valence-electron chi connectivity index (χ4n) is 2.92. The molecule has 0 N–H and O–H groups in total. The number of nitrogens with zero attached hydrogens (tertiary/aromatic N) is 3. The number of rotatable bonds is 3. The van der Waals surface area contributed by atoms with E-state index >= 15 is 0 Å². The lowest BCUT2D eigenvalue weighted by molar-refractivity contribution is 0.671. The van der Waals surface area contributed by atoms with Crippen molar-refractivity contribution in [2.45, 2.75) is 46.7 Å². The van der Waals surface area contributed by atoms with Crippen LogP contribution in [-0.2, 0) is 13.1 Å². The van der Waals surface area contributed by atoms with E-state index in [4.69, 9.17) is 16.6 Å². The summed E-state index contributed by atoms with van der Waals surface area (Å²) >= 11 is 6.45. The maximum absolute atomic E-state index is 12.5. The first-order valence-corrected chi connectivity index (χ1v) is 8.08. The van der Waals surface area contributed by atoms with Crippen LogP contribution >= 0.6 is 11.6 Å². The molecule has 0 spiro atoms. The molecule has 5 heteroatoms. The Balaban J connectivity index is 2.46. The fraction of sp³-hybridized carbons (Fsp3) is 0.412. The van der Waals surface area contributed by atoms with E-state index < -0.39 is 0 Å². The van der Waals surface area contributed by atoms with Gasteiger partial charge in [0.2, 0.25) is 0 Å². The zero-order chi connectivity index (χ0) is 16.0. The Hall–Kier alpha value is -1.81. The molecule has 0 aliphatic rings. The van der Waals surface area contributed by atoms with Gasteiger partial charge in [-0.05, 0) is 38.0 Å². The smallest absolute Gasteiger partial charge is 0.292 e. The molecule has 3 rings (SSSR count). The van der Waals surface area contributed by atoms with E-state index in [9.17, 15) is 4.79 Å². The third kappa shape index (κ3) is 2.13. The lowest BCUT2D eigenvalue weighted by Crippen LogP contribution is -2.22. The first-order chi connectivity index (χ1) is 10.5. The summed E-state index contributed by atoms with van der Waals surface area (Å²) in [5.41, 5.74) is 3.68. The molecule has 0 fully saturated rings. The molecule has 116 valence electrons. The van der Waals surface area contributed by atoms with Crippen LogP contribution in [0.5, 0.6) is 0 Å². The Morgan fingerprint density at radius 1 is 1.09 bits per heavy atom. The molecule has 0 radical (unpaired) electrons. The highest BCUT2D eigenvalue weighted by molar-refractivity contribution is 6.35. The number of benzene rings is 1. The van der Waals surface area contributed by atoms with Gasteiger partial charge in [-0.1, -0.05) is 25.4 Å². The Morgan fingerprint density at radius 2 is 1.68 bits per heavy atom. The maximum Gasteiger partial charge on any atom is 0.329 e. The van der Waals surface area contributed by atoms with Crippen LogP contribution in [-0.4, -0.2) is 14.1 Å². The van der Waals surface area contributed by atoms with Gasteiger partial charge >= 0.3 is 5.69 Å². The van der Waals surface area contributed by atoms with Gasteiger partial charge in [-0.25, -0.2) is 4.79 Å². The Kier molecular flexibility index (Phi) is 3.73. The van der Waals surface area contributed by atoms with E-state index in [2.05, 4.69) is 13.8 Å². The average Bonchev–Trinajstić information content (AvgIpc) is 2.75. The summed E-state index contributed by atoms with van der Waals surface area (Å²) in [4.78, 5) is 17.2. The predicted molar refractivity (Wildman–Crippen MR) is 91.9 cm³/mol. The standard InChI is InChI=1S/C17H20ClN3O/c1-5-20-15-7-11-12(18)8-13(10(3)4)19-14(11)9-16(15)21(6-2)17(20)22/h7-10H,5-6H2,1-4H3. The van der Waals surface area contributed by atoms with Gasteiger partial charge < -0.3 is 0 Å². The van der Waals surface area contributed by atoms with E-state index in [0.29, 0.717) is 24.0 Å². The third-order valence-corrected chi connectivity index (χ3v) is 4.45. The topological polar surface area (TPSA) is 39.8 Å². The normalized spacial score (nSPS) is 11.9. The molecule has 1 aromatic carbocycles. The minimum Gasteiger partial charge on any atom is -0.292 e. The van der Waals surface area contributed by atoms with Gasteiger partial charge in [0, 0.05) is 24.2 Å². The SMILES string of the molecule is CCn1c(=O)n(CC)c2cc3c(Cl)cc(C(C)C)nc3cc21. The van der Waals surface area contributed by atoms with Crippen LogP contribution in [0, 0.1) is 0 Å². The van der Waals surface area contributed by atoms with Crippen molar-refractivity contribution in [1.29, 1.82) is 0 Å². The molecule has 0 saturated heterocycles. The van der Waals surface area contributed by atoms with Crippen LogP contribution in [0.25, 0.3) is 21.9 Å². The zero-order valence-corrected chi connectivity index (χ0v) is 14.1. The molecule has 4 nitrogen and oxygen atoms in total. The molecule has 0 unspecified atom stereocenters. The van der Waals surface area contributed by atoms with Crippen molar-refractivity contribution in [2.75, 3.05) is 0 Å². The summed E-state index contributed by atoms with van der Waals surface area (Å²) in [5, 5.41) is 1.59. The number of pyridine rings is 1. The quantitative estimate of drug-likeness (QED) is 0.727. The average molecular weight is 318 g/mol. The van der Waals surface area contributed by atoms with Crippen LogP contribution in [0.3, 0.4) is 0 Å². The van der Waals surface area contributed by atoms with Gasteiger partial charge in [0.1, 0.15) is 0 Å². The number of aromatic nitrogens is 3. The van der Waals surface area contributed by atoms with Gasteiger partial charge in [0.25, 0.3) is 0 Å². The minimum atomic E-state index is 0.0236. The number of fused-ring (bicyclic) bond motifs is 2. The van der Waals surface area contributed by atoms with E-state index in [0.717, 1.165) is 27.6 Å². The van der Waals surface area contributed by atoms with Crippen LogP contribution in [0.15, 0.2) is 23.0 Å². The molecule has 0 bridgehead atoms. The molecule has 0 atom stereocenters. The molecule has 0 amide bonds. The van der Waals surface area contributed by atoms with Crippen molar-refractivity contribution in [2.24, 2.45) is 0 Å². The fourth-order valence-corrected chi connectivity index (χ4v) is 3.18. The molecule has 2 aromatic heterocycles. The van der Waals surface area contributed by atoms with Crippen molar-refractivity contribution in [3.05, 3.63) is 39.4 Å². The number of aryl methyl sites for hydroxylation is 2. The van der Waals surface area contributed by atoms with Gasteiger partial charge in [-0.3, -0.25) is 14.1 Å². The summed E-state index contributed by atoms with van der Waals surface area (Å²) in [6.07, 6.45) is 0. The molecular weight excluding hydrogens is 298 g/mol. The van der Waals surface area contributed by atoms with Gasteiger partial charge in [0.05, 0.1) is 21.6 Å². The second-order valence-corrected chi connectivity index (χ2v) is 6.22. The molecule has 0 saturated carbocycles. The first kappa shape index (κ1) is 15.1. The molecule has 3 aromatic rings. The summed E-state index contributed by atoms with van der Waals surface area (Å²) in [7, 11) is 0. The molecular formula is C17H20ClN3O. The summed E-state index contributed by atoms with van der Waals surface area (Å²) < 4.78 is 3.57. The number of hydrogen-bond donors (Lipinski definition) is 0. The third-order valence-electron chi connectivity index (χ3n) is 4.14. The summed E-state index contributed by atoms with van der Waals surface area (Å²) in [6.45, 7) is 9.44. The largest absolute Gasteiger partial charge is 0.329 e. The van der Waals surface area contributed by atoms with Crippen LogP contribution in [0.1, 0.15) is 39.3 Å². The van der Waals surface area contributed by atoms with Crippen LogP contribution in [0.2, 0.25) is 5.02 Å². The summed E-state index contributed by atoms with van der Waals surface area (Å²) in [6, 6.07) is 5.90. The maximum atomic E-state index is 12.5. The monoisotopic (exact) mass is 317 g/mol. The first-order valence-electron chi connectivity index (χ1n) is 7.71. The van der Waals surface area contributed by atoms with Gasteiger partial charge in [-0.2, -0.15) is 0 Å². The van der Waals surface area contributed by atoms with Crippen molar-refractivity contribution >= 4 is 33.5 Å². The second kappa shape index (κ2) is 5.43. The minimum absolute atomic E-state index is 0.0236. The zero-order valence-electron chi connectivity index (χ0n) is 13.4. The molecule has 2 heterocycles. The highest BCUT2D eigenvalue weighted by Gasteiger charge is 2.15. The van der Waals surface area contributed by atoms with Crippen molar-refractivity contribution < 1.29 is 0 Å². The lowest BCUT2D eigenvalue weighted by atomic mass is 10.1. The van der Waals surface area contributed by atoms with Crippen molar-refractivity contribution in [1.82, 2.24) is 14.1 Å². The number of halogens is 1. The number of hydrogen-bond acceptors (Lipinski definition) is 2. The van der Waals surface area contributed by atoms with E-state index in [1.807, 2.05) is 32.0 Å². The Morgan fingerprint density at radius 3 is 2.23 bits per heavy atom. The van der Waals surface area contributed by atoms with Gasteiger partial charge in [0.15, 0.2) is 0 Å². The molecule has 0 aliphatic carbocycles. The molecule has 0 aliphatic heterocycles. The number of imidazole rings is 1. The highest BCUT2D eigenvalue weighted by Crippen LogP contribution is 2.29.